The summed E-state index contributed by atoms with van der Waals surface area (Å²) in [4.78, 5) is 3.22. The Kier molecular flexibility index (Phi) is 2.76. The number of phenols is 1. The van der Waals surface area contributed by atoms with Crippen LogP contribution >= 0.6 is 0 Å². The van der Waals surface area contributed by atoms with E-state index in [-0.39, 0.29) is 5.75 Å². The first kappa shape index (κ1) is 11.5. The first-order chi connectivity index (χ1) is 9.24. The number of anilines is 1. The molecular weight excluding hydrogens is 240 g/mol. The highest BCUT2D eigenvalue weighted by atomic mass is 16.5. The van der Waals surface area contributed by atoms with Crippen LogP contribution in [-0.2, 0) is 6.61 Å². The van der Waals surface area contributed by atoms with Crippen molar-refractivity contribution in [3.05, 3.63) is 54.2 Å². The second kappa shape index (κ2) is 4.57. The van der Waals surface area contributed by atoms with Gasteiger partial charge in [0, 0.05) is 5.39 Å². The number of fused-ring (bicyclic) bond motifs is 1. The van der Waals surface area contributed by atoms with E-state index in [9.17, 15) is 5.11 Å². The molecule has 3 aromatic rings. The molecular formula is C15H14N2O2. The largest absolute Gasteiger partial charge is 0.504 e. The molecule has 0 aliphatic rings. The summed E-state index contributed by atoms with van der Waals surface area (Å²) >= 11 is 0. The topological polar surface area (TPSA) is 71.3 Å². The first-order valence-corrected chi connectivity index (χ1v) is 6.01. The number of nitrogen functional groups attached to an aromatic ring is 1. The standard InChI is InChI=1S/C15H14N2O2/c16-12-5-3-4-10-8-11(17-15(10)12)9-19-14-7-2-1-6-13(14)18/h1-8,17-18H,9,16H2. The molecule has 0 atom stereocenters. The third-order valence-electron chi connectivity index (χ3n) is 2.99. The maximum Gasteiger partial charge on any atom is 0.161 e. The van der Waals surface area contributed by atoms with E-state index in [4.69, 9.17) is 10.5 Å². The number of aromatic amines is 1. The van der Waals surface area contributed by atoms with Gasteiger partial charge in [-0.2, -0.15) is 0 Å². The fraction of sp³-hybridized carbons (Fsp3) is 0.0667. The highest BCUT2D eigenvalue weighted by Gasteiger charge is 2.05. The Morgan fingerprint density at radius 2 is 1.95 bits per heavy atom. The van der Waals surface area contributed by atoms with Gasteiger partial charge in [-0.15, -0.1) is 0 Å². The lowest BCUT2D eigenvalue weighted by molar-refractivity contribution is 0.286. The SMILES string of the molecule is Nc1cccc2cc(COc3ccccc3O)[nH]c12. The van der Waals surface area contributed by atoms with Crippen LogP contribution in [0.5, 0.6) is 11.5 Å². The van der Waals surface area contributed by atoms with Gasteiger partial charge in [0.1, 0.15) is 6.61 Å². The van der Waals surface area contributed by atoms with Gasteiger partial charge in [-0.05, 0) is 24.3 Å². The van der Waals surface area contributed by atoms with Crippen LogP contribution in [0.4, 0.5) is 5.69 Å². The molecule has 0 saturated carbocycles. The minimum absolute atomic E-state index is 0.137. The minimum atomic E-state index is 0.137. The van der Waals surface area contributed by atoms with Crippen molar-refractivity contribution in [3.8, 4) is 11.5 Å². The normalized spacial score (nSPS) is 10.7. The molecule has 0 fully saturated rings. The van der Waals surface area contributed by atoms with Crippen LogP contribution in [0, 0.1) is 0 Å². The number of H-pyrrole nitrogens is 1. The second-order valence-electron chi connectivity index (χ2n) is 4.36. The van der Waals surface area contributed by atoms with E-state index in [2.05, 4.69) is 4.98 Å². The average Bonchev–Trinajstić information content (AvgIpc) is 2.82. The van der Waals surface area contributed by atoms with Gasteiger partial charge in [-0.1, -0.05) is 24.3 Å². The predicted octanol–water partition coefficient (Wildman–Crippen LogP) is 3.03. The molecule has 0 aliphatic carbocycles. The number of aromatic hydroxyl groups is 1. The molecule has 0 bridgehead atoms. The number of hydrogen-bond donors (Lipinski definition) is 3. The molecule has 4 nitrogen and oxygen atoms in total. The summed E-state index contributed by atoms with van der Waals surface area (Å²) in [5.41, 5.74) is 8.43. The molecule has 2 aromatic carbocycles. The molecule has 3 rings (SSSR count). The molecule has 0 saturated heterocycles. The summed E-state index contributed by atoms with van der Waals surface area (Å²) in [6.45, 7) is 0.353. The number of para-hydroxylation sites is 3. The van der Waals surface area contributed by atoms with Gasteiger partial charge < -0.3 is 20.6 Å². The Hall–Kier alpha value is -2.62. The van der Waals surface area contributed by atoms with E-state index >= 15 is 0 Å². The second-order valence-corrected chi connectivity index (χ2v) is 4.36. The molecule has 1 heterocycles. The van der Waals surface area contributed by atoms with Crippen molar-refractivity contribution in [1.82, 2.24) is 4.98 Å². The van der Waals surface area contributed by atoms with E-state index in [0.29, 0.717) is 18.0 Å². The van der Waals surface area contributed by atoms with Crippen LogP contribution in [-0.4, -0.2) is 10.1 Å². The van der Waals surface area contributed by atoms with Gasteiger partial charge in [0.2, 0.25) is 0 Å². The molecule has 96 valence electrons. The number of phenolic OH excluding ortho intramolecular Hbond substituents is 1. The molecule has 0 radical (unpaired) electrons. The van der Waals surface area contributed by atoms with Crippen LogP contribution in [0.25, 0.3) is 10.9 Å². The number of rotatable bonds is 3. The highest BCUT2D eigenvalue weighted by molar-refractivity contribution is 5.90. The Balaban J connectivity index is 1.83. The molecule has 19 heavy (non-hydrogen) atoms. The van der Waals surface area contributed by atoms with Crippen LogP contribution in [0.2, 0.25) is 0 Å². The number of benzene rings is 2. The van der Waals surface area contributed by atoms with Crippen molar-refractivity contribution in [1.29, 1.82) is 0 Å². The smallest absolute Gasteiger partial charge is 0.161 e. The summed E-state index contributed by atoms with van der Waals surface area (Å²) < 4.78 is 5.57. The van der Waals surface area contributed by atoms with Crippen molar-refractivity contribution in [3.63, 3.8) is 0 Å². The fourth-order valence-electron chi connectivity index (χ4n) is 2.05. The van der Waals surface area contributed by atoms with Crippen molar-refractivity contribution in [2.45, 2.75) is 6.61 Å². The van der Waals surface area contributed by atoms with Gasteiger partial charge in [-0.25, -0.2) is 0 Å². The van der Waals surface area contributed by atoms with Crippen molar-refractivity contribution in [2.24, 2.45) is 0 Å². The Labute approximate surface area is 110 Å². The van der Waals surface area contributed by atoms with Gasteiger partial charge >= 0.3 is 0 Å². The molecule has 1 aromatic heterocycles. The number of aromatic nitrogens is 1. The van der Waals surface area contributed by atoms with Crippen molar-refractivity contribution in [2.75, 3.05) is 5.73 Å². The number of nitrogens with two attached hydrogens (primary N) is 1. The van der Waals surface area contributed by atoms with Crippen molar-refractivity contribution < 1.29 is 9.84 Å². The van der Waals surface area contributed by atoms with Crippen molar-refractivity contribution >= 4 is 16.6 Å². The Morgan fingerprint density at radius 1 is 1.11 bits per heavy atom. The van der Waals surface area contributed by atoms with Gasteiger partial charge in [0.15, 0.2) is 11.5 Å². The average molecular weight is 254 g/mol. The lowest BCUT2D eigenvalue weighted by Crippen LogP contribution is -1.95. The maximum atomic E-state index is 9.62. The Bertz CT molecular complexity index is 719. The van der Waals surface area contributed by atoms with Crippen LogP contribution < -0.4 is 10.5 Å². The van der Waals surface area contributed by atoms with Crippen LogP contribution in [0.15, 0.2) is 48.5 Å². The third kappa shape index (κ3) is 2.20. The summed E-state index contributed by atoms with van der Waals surface area (Å²) in [7, 11) is 0. The molecule has 4 N–H and O–H groups in total. The Morgan fingerprint density at radius 3 is 2.74 bits per heavy atom. The zero-order valence-corrected chi connectivity index (χ0v) is 10.3. The van der Waals surface area contributed by atoms with Crippen LogP contribution in [0.3, 0.4) is 0 Å². The van der Waals surface area contributed by atoms with Crippen LogP contribution in [0.1, 0.15) is 5.69 Å². The van der Waals surface area contributed by atoms with Gasteiger partial charge in [0.05, 0.1) is 16.9 Å². The van der Waals surface area contributed by atoms with E-state index in [0.717, 1.165) is 16.6 Å². The molecule has 0 aliphatic heterocycles. The zero-order valence-electron chi connectivity index (χ0n) is 10.3. The van der Waals surface area contributed by atoms with Gasteiger partial charge in [-0.3, -0.25) is 0 Å². The zero-order chi connectivity index (χ0) is 13.2. The number of nitrogens with one attached hydrogen (secondary N) is 1. The third-order valence-corrected chi connectivity index (χ3v) is 2.99. The number of ether oxygens (including phenoxy) is 1. The minimum Gasteiger partial charge on any atom is -0.504 e. The summed E-state index contributed by atoms with van der Waals surface area (Å²) in [5, 5.41) is 10.7. The molecule has 4 heteroatoms. The lowest BCUT2D eigenvalue weighted by atomic mass is 10.2. The lowest BCUT2D eigenvalue weighted by Gasteiger charge is -2.06. The van der Waals surface area contributed by atoms with E-state index < -0.39 is 0 Å². The quantitative estimate of drug-likeness (QED) is 0.629. The molecule has 0 unspecified atom stereocenters. The fourth-order valence-corrected chi connectivity index (χ4v) is 2.05. The van der Waals surface area contributed by atoms with Gasteiger partial charge in [0.25, 0.3) is 0 Å². The first-order valence-electron chi connectivity index (χ1n) is 6.01. The maximum absolute atomic E-state index is 9.62. The summed E-state index contributed by atoms with van der Waals surface area (Å²) in [6.07, 6.45) is 0. The summed E-state index contributed by atoms with van der Waals surface area (Å²) in [6, 6.07) is 14.7. The monoisotopic (exact) mass is 254 g/mol. The molecule has 0 amide bonds. The van der Waals surface area contributed by atoms with E-state index in [1.807, 2.05) is 30.3 Å². The predicted molar refractivity (Wildman–Crippen MR) is 75.1 cm³/mol. The number of hydrogen-bond acceptors (Lipinski definition) is 3. The summed E-state index contributed by atoms with van der Waals surface area (Å²) in [5.74, 6) is 0.604. The highest BCUT2D eigenvalue weighted by Crippen LogP contribution is 2.26. The van der Waals surface area contributed by atoms with E-state index in [1.54, 1.807) is 18.2 Å². The molecule has 0 spiro atoms. The van der Waals surface area contributed by atoms with E-state index in [1.165, 1.54) is 0 Å².